The summed E-state index contributed by atoms with van der Waals surface area (Å²) < 4.78 is 5.36. The van der Waals surface area contributed by atoms with E-state index in [1.807, 2.05) is 6.92 Å². The number of aromatic nitrogens is 2. The molecule has 0 bridgehead atoms. The van der Waals surface area contributed by atoms with E-state index in [1.165, 1.54) is 0 Å². The van der Waals surface area contributed by atoms with E-state index in [9.17, 15) is 0 Å². The molecule has 0 spiro atoms. The van der Waals surface area contributed by atoms with E-state index in [2.05, 4.69) is 15.1 Å². The van der Waals surface area contributed by atoms with Gasteiger partial charge in [0.15, 0.2) is 0 Å². The predicted molar refractivity (Wildman–Crippen MR) is 60.3 cm³/mol. The molecule has 1 saturated heterocycles. The minimum atomic E-state index is 0. The molecule has 5 nitrogen and oxygen atoms in total. The van der Waals surface area contributed by atoms with Gasteiger partial charge in [-0.1, -0.05) is 5.10 Å². The molecule has 1 aromatic rings. The molecule has 0 amide bonds. The van der Waals surface area contributed by atoms with Crippen molar-refractivity contribution in [2.24, 2.45) is 11.7 Å². The highest BCUT2D eigenvalue weighted by atomic mass is 35.5. The topological polar surface area (TPSA) is 68.2 Å². The number of hydrogen-bond donors (Lipinski definition) is 1. The summed E-state index contributed by atoms with van der Waals surface area (Å²) in [7, 11) is 0. The largest absolute Gasteiger partial charge is 0.408 e. The molecule has 0 aromatic carbocycles. The van der Waals surface area contributed by atoms with Gasteiger partial charge in [0.1, 0.15) is 0 Å². The molecular weight excluding hydrogens is 216 g/mol. The summed E-state index contributed by atoms with van der Waals surface area (Å²) in [5.74, 6) is 1.29. The first-order valence-electron chi connectivity index (χ1n) is 5.04. The molecule has 2 rings (SSSR count). The van der Waals surface area contributed by atoms with E-state index in [4.69, 9.17) is 10.2 Å². The maximum Gasteiger partial charge on any atom is 0.318 e. The molecule has 1 fully saturated rings. The number of nitrogens with zero attached hydrogens (tertiary/aromatic N) is 3. The van der Waals surface area contributed by atoms with E-state index in [-0.39, 0.29) is 12.4 Å². The Morgan fingerprint density at radius 2 is 2.07 bits per heavy atom. The van der Waals surface area contributed by atoms with E-state index < -0.39 is 0 Å². The Bertz CT molecular complexity index is 296. The number of rotatable bonds is 2. The van der Waals surface area contributed by atoms with E-state index >= 15 is 0 Å². The van der Waals surface area contributed by atoms with Crippen LogP contribution in [0.1, 0.15) is 18.7 Å². The number of nitrogens with two attached hydrogens (primary N) is 1. The molecule has 2 N–H and O–H groups in total. The minimum absolute atomic E-state index is 0. The third-order valence-electron chi connectivity index (χ3n) is 2.73. The Labute approximate surface area is 95.4 Å². The second-order valence-corrected chi connectivity index (χ2v) is 3.77. The fraction of sp³-hybridized carbons (Fsp3) is 0.778. The Kier molecular flexibility index (Phi) is 4.35. The summed E-state index contributed by atoms with van der Waals surface area (Å²) in [6.45, 7) is 4.55. The Balaban J connectivity index is 0.00000112. The van der Waals surface area contributed by atoms with E-state index in [1.54, 1.807) is 0 Å². The van der Waals surface area contributed by atoms with Crippen molar-refractivity contribution in [3.05, 3.63) is 5.89 Å². The van der Waals surface area contributed by atoms with Crippen molar-refractivity contribution < 1.29 is 4.42 Å². The third-order valence-corrected chi connectivity index (χ3v) is 2.73. The van der Waals surface area contributed by atoms with Crippen LogP contribution in [0.4, 0.5) is 6.01 Å². The normalized spacial score (nSPS) is 17.6. The SMILES string of the molecule is Cc1nnc(N2CCC(CN)CC2)o1.Cl. The van der Waals surface area contributed by atoms with Crippen molar-refractivity contribution in [2.75, 3.05) is 24.5 Å². The number of piperidine rings is 1. The van der Waals surface area contributed by atoms with Crippen LogP contribution in [0.3, 0.4) is 0 Å². The number of hydrogen-bond acceptors (Lipinski definition) is 5. The van der Waals surface area contributed by atoms with Crippen LogP contribution >= 0.6 is 12.4 Å². The van der Waals surface area contributed by atoms with Crippen LogP contribution in [0, 0.1) is 12.8 Å². The van der Waals surface area contributed by atoms with Crippen LogP contribution < -0.4 is 10.6 Å². The van der Waals surface area contributed by atoms with Gasteiger partial charge in [0, 0.05) is 20.0 Å². The maximum atomic E-state index is 5.62. The maximum absolute atomic E-state index is 5.62. The van der Waals surface area contributed by atoms with Gasteiger partial charge in [-0.15, -0.1) is 17.5 Å². The van der Waals surface area contributed by atoms with Gasteiger partial charge in [-0.3, -0.25) is 0 Å². The fourth-order valence-corrected chi connectivity index (χ4v) is 1.77. The van der Waals surface area contributed by atoms with Gasteiger partial charge in [0.2, 0.25) is 5.89 Å². The van der Waals surface area contributed by atoms with Crippen molar-refractivity contribution in [1.29, 1.82) is 0 Å². The summed E-state index contributed by atoms with van der Waals surface area (Å²) in [5, 5.41) is 7.82. The lowest BCUT2D eigenvalue weighted by Gasteiger charge is -2.29. The van der Waals surface area contributed by atoms with Crippen LogP contribution in [0.5, 0.6) is 0 Å². The van der Waals surface area contributed by atoms with Gasteiger partial charge in [-0.25, -0.2) is 0 Å². The predicted octanol–water partition coefficient (Wildman–Crippen LogP) is 0.975. The first-order valence-corrected chi connectivity index (χ1v) is 5.04. The molecule has 1 aliphatic rings. The second kappa shape index (κ2) is 5.32. The van der Waals surface area contributed by atoms with Gasteiger partial charge < -0.3 is 15.1 Å². The summed E-state index contributed by atoms with van der Waals surface area (Å²) in [6.07, 6.45) is 2.25. The molecule has 0 unspecified atom stereocenters. The lowest BCUT2D eigenvalue weighted by molar-refractivity contribution is 0.392. The standard InChI is InChI=1S/C9H16N4O.ClH/c1-7-11-12-9(14-7)13-4-2-8(6-10)3-5-13;/h8H,2-6,10H2,1H3;1H. The Morgan fingerprint density at radius 1 is 1.40 bits per heavy atom. The van der Waals surface area contributed by atoms with Crippen LogP contribution in [0.25, 0.3) is 0 Å². The zero-order chi connectivity index (χ0) is 9.97. The van der Waals surface area contributed by atoms with Gasteiger partial charge >= 0.3 is 6.01 Å². The lowest BCUT2D eigenvalue weighted by Crippen LogP contribution is -2.36. The van der Waals surface area contributed by atoms with Crippen LogP contribution in [-0.2, 0) is 0 Å². The highest BCUT2D eigenvalue weighted by Gasteiger charge is 2.21. The number of halogens is 1. The molecule has 2 heterocycles. The summed E-state index contributed by atoms with van der Waals surface area (Å²) >= 11 is 0. The fourth-order valence-electron chi connectivity index (χ4n) is 1.77. The zero-order valence-electron chi connectivity index (χ0n) is 8.85. The van der Waals surface area contributed by atoms with Gasteiger partial charge in [0.05, 0.1) is 0 Å². The van der Waals surface area contributed by atoms with Gasteiger partial charge in [-0.2, -0.15) is 0 Å². The average Bonchev–Trinajstić information content (AvgIpc) is 2.65. The Hall–Kier alpha value is -0.810. The molecule has 0 atom stereocenters. The highest BCUT2D eigenvalue weighted by Crippen LogP contribution is 2.21. The van der Waals surface area contributed by atoms with Crippen molar-refractivity contribution >= 4 is 18.4 Å². The third kappa shape index (κ3) is 2.82. The summed E-state index contributed by atoms with van der Waals surface area (Å²) in [6, 6.07) is 0.651. The molecule has 6 heteroatoms. The number of aryl methyl sites for hydroxylation is 1. The molecule has 1 aromatic heterocycles. The van der Waals surface area contributed by atoms with Crippen LogP contribution in [0.15, 0.2) is 4.42 Å². The molecule has 86 valence electrons. The Morgan fingerprint density at radius 3 is 2.53 bits per heavy atom. The minimum Gasteiger partial charge on any atom is -0.408 e. The number of anilines is 1. The van der Waals surface area contributed by atoms with Gasteiger partial charge in [0.25, 0.3) is 0 Å². The quantitative estimate of drug-likeness (QED) is 0.823. The first-order chi connectivity index (χ1) is 6.79. The summed E-state index contributed by atoms with van der Waals surface area (Å²) in [4.78, 5) is 2.13. The molecule has 0 radical (unpaired) electrons. The molecule has 0 aliphatic carbocycles. The zero-order valence-corrected chi connectivity index (χ0v) is 9.66. The highest BCUT2D eigenvalue weighted by molar-refractivity contribution is 5.85. The molecule has 0 saturated carbocycles. The van der Waals surface area contributed by atoms with Crippen LogP contribution in [-0.4, -0.2) is 29.8 Å². The van der Waals surface area contributed by atoms with E-state index in [0.717, 1.165) is 32.5 Å². The summed E-state index contributed by atoms with van der Waals surface area (Å²) in [5.41, 5.74) is 5.62. The van der Waals surface area contributed by atoms with Gasteiger partial charge in [-0.05, 0) is 25.3 Å². The molecule has 1 aliphatic heterocycles. The average molecular weight is 233 g/mol. The second-order valence-electron chi connectivity index (χ2n) is 3.77. The lowest BCUT2D eigenvalue weighted by atomic mass is 9.97. The molecular formula is C9H17ClN4O. The monoisotopic (exact) mass is 232 g/mol. The van der Waals surface area contributed by atoms with Crippen molar-refractivity contribution in [2.45, 2.75) is 19.8 Å². The first kappa shape index (κ1) is 12.3. The van der Waals surface area contributed by atoms with Crippen molar-refractivity contribution in [3.8, 4) is 0 Å². The van der Waals surface area contributed by atoms with Crippen molar-refractivity contribution in [3.63, 3.8) is 0 Å². The van der Waals surface area contributed by atoms with E-state index in [0.29, 0.717) is 17.8 Å². The smallest absolute Gasteiger partial charge is 0.318 e. The van der Waals surface area contributed by atoms with Crippen molar-refractivity contribution in [1.82, 2.24) is 10.2 Å². The molecule has 15 heavy (non-hydrogen) atoms. The van der Waals surface area contributed by atoms with Crippen LogP contribution in [0.2, 0.25) is 0 Å².